The highest BCUT2D eigenvalue weighted by Gasteiger charge is 2.10. The number of benzene rings is 1. The van der Waals surface area contributed by atoms with Crippen LogP contribution in [0.25, 0.3) is 0 Å². The van der Waals surface area contributed by atoms with Gasteiger partial charge >= 0.3 is 0 Å². The van der Waals surface area contributed by atoms with Crippen molar-refractivity contribution in [1.29, 1.82) is 0 Å². The second-order valence-corrected chi connectivity index (χ2v) is 5.44. The minimum Gasteiger partial charge on any atom is -0.490 e. The Balaban J connectivity index is 1.77. The van der Waals surface area contributed by atoms with Crippen LogP contribution in [0, 0.1) is 0 Å². The second-order valence-electron chi connectivity index (χ2n) is 5.44. The van der Waals surface area contributed by atoms with E-state index in [1.807, 2.05) is 6.07 Å². The lowest BCUT2D eigenvalue weighted by atomic mass is 10.2. The molecule has 21 heavy (non-hydrogen) atoms. The van der Waals surface area contributed by atoms with Gasteiger partial charge in [0.2, 0.25) is 0 Å². The molecule has 1 aliphatic rings. The molecule has 0 radical (unpaired) electrons. The summed E-state index contributed by atoms with van der Waals surface area (Å²) in [6.45, 7) is 11.2. The van der Waals surface area contributed by atoms with E-state index in [2.05, 4.69) is 36.2 Å². The summed E-state index contributed by atoms with van der Waals surface area (Å²) in [6.07, 6.45) is 2.17. The molecule has 1 aromatic rings. The summed E-state index contributed by atoms with van der Waals surface area (Å²) in [4.78, 5) is 2.47. The summed E-state index contributed by atoms with van der Waals surface area (Å²) in [5.41, 5.74) is 1.25. The highest BCUT2D eigenvalue weighted by Crippen LogP contribution is 2.30. The van der Waals surface area contributed by atoms with E-state index in [-0.39, 0.29) is 0 Å². The molecule has 0 saturated carbocycles. The van der Waals surface area contributed by atoms with Crippen LogP contribution in [0.4, 0.5) is 0 Å². The molecule has 1 aromatic carbocycles. The summed E-state index contributed by atoms with van der Waals surface area (Å²) in [5, 5.41) is 3.51. The van der Waals surface area contributed by atoms with Gasteiger partial charge in [0.15, 0.2) is 11.5 Å². The van der Waals surface area contributed by atoms with Crippen molar-refractivity contribution in [3.05, 3.63) is 23.8 Å². The molecule has 2 rings (SSSR count). The number of nitrogens with one attached hydrogen (secondary N) is 1. The van der Waals surface area contributed by atoms with Crippen molar-refractivity contribution in [2.24, 2.45) is 0 Å². The maximum Gasteiger partial charge on any atom is 0.161 e. The van der Waals surface area contributed by atoms with E-state index in [0.717, 1.165) is 57.3 Å². The predicted octanol–water partition coefficient (Wildman–Crippen LogP) is 2.67. The Morgan fingerprint density at radius 2 is 1.90 bits per heavy atom. The van der Waals surface area contributed by atoms with Crippen molar-refractivity contribution in [2.75, 3.05) is 39.4 Å². The van der Waals surface area contributed by atoms with Gasteiger partial charge in [-0.3, -0.25) is 0 Å². The Kier molecular flexibility index (Phi) is 6.83. The normalized spacial score (nSPS) is 14.2. The lowest BCUT2D eigenvalue weighted by Gasteiger charge is -2.19. The van der Waals surface area contributed by atoms with E-state index in [4.69, 9.17) is 9.47 Å². The lowest BCUT2D eigenvalue weighted by molar-refractivity contribution is 0.287. The van der Waals surface area contributed by atoms with Gasteiger partial charge in [0, 0.05) is 26.1 Å². The summed E-state index contributed by atoms with van der Waals surface area (Å²) in [7, 11) is 0. The molecule has 0 amide bonds. The SMILES string of the molecule is CCCN(CC)CCNCc1ccc2c(c1)OCCCO2. The Bertz CT molecular complexity index is 423. The van der Waals surface area contributed by atoms with Gasteiger partial charge < -0.3 is 19.7 Å². The van der Waals surface area contributed by atoms with Crippen molar-refractivity contribution >= 4 is 0 Å². The van der Waals surface area contributed by atoms with E-state index >= 15 is 0 Å². The number of ether oxygens (including phenoxy) is 2. The number of rotatable bonds is 8. The molecule has 4 nitrogen and oxygen atoms in total. The highest BCUT2D eigenvalue weighted by atomic mass is 16.5. The standard InChI is InChI=1S/C17H28N2O2/c1-3-9-19(4-2)10-8-18-14-15-6-7-16-17(13-15)21-12-5-11-20-16/h6-7,13,18H,3-5,8-12,14H2,1-2H3. The molecular weight excluding hydrogens is 264 g/mol. The molecule has 0 aromatic heterocycles. The smallest absolute Gasteiger partial charge is 0.161 e. The number of hydrogen-bond acceptors (Lipinski definition) is 4. The molecule has 118 valence electrons. The second kappa shape index (κ2) is 8.90. The van der Waals surface area contributed by atoms with Crippen molar-refractivity contribution in [3.8, 4) is 11.5 Å². The first-order valence-electron chi connectivity index (χ1n) is 8.15. The first-order chi connectivity index (χ1) is 10.3. The zero-order valence-electron chi connectivity index (χ0n) is 13.4. The summed E-state index contributed by atoms with van der Waals surface area (Å²) < 4.78 is 11.4. The fourth-order valence-electron chi connectivity index (χ4n) is 2.53. The van der Waals surface area contributed by atoms with E-state index in [0.29, 0.717) is 0 Å². The zero-order chi connectivity index (χ0) is 14.9. The number of nitrogens with zero attached hydrogens (tertiary/aromatic N) is 1. The van der Waals surface area contributed by atoms with E-state index in [9.17, 15) is 0 Å². The largest absolute Gasteiger partial charge is 0.490 e. The van der Waals surface area contributed by atoms with E-state index < -0.39 is 0 Å². The molecule has 0 spiro atoms. The molecule has 1 aliphatic heterocycles. The van der Waals surface area contributed by atoms with E-state index in [1.165, 1.54) is 18.5 Å². The first-order valence-corrected chi connectivity index (χ1v) is 8.15. The van der Waals surface area contributed by atoms with Gasteiger partial charge in [-0.25, -0.2) is 0 Å². The van der Waals surface area contributed by atoms with Crippen LogP contribution < -0.4 is 14.8 Å². The van der Waals surface area contributed by atoms with Crippen LogP contribution in [0.2, 0.25) is 0 Å². The molecule has 0 fully saturated rings. The molecule has 4 heteroatoms. The summed E-state index contributed by atoms with van der Waals surface area (Å²) in [6, 6.07) is 6.23. The van der Waals surface area contributed by atoms with Crippen molar-refractivity contribution in [3.63, 3.8) is 0 Å². The minimum absolute atomic E-state index is 0.742. The molecule has 1 N–H and O–H groups in total. The molecule has 0 unspecified atom stereocenters. The van der Waals surface area contributed by atoms with Gasteiger partial charge in [0.25, 0.3) is 0 Å². The van der Waals surface area contributed by atoms with E-state index in [1.54, 1.807) is 0 Å². The Morgan fingerprint density at radius 3 is 2.67 bits per heavy atom. The van der Waals surface area contributed by atoms with Crippen molar-refractivity contribution in [1.82, 2.24) is 10.2 Å². The third-order valence-electron chi connectivity index (χ3n) is 3.73. The monoisotopic (exact) mass is 292 g/mol. The van der Waals surface area contributed by atoms with Crippen molar-refractivity contribution < 1.29 is 9.47 Å². The minimum atomic E-state index is 0.742. The zero-order valence-corrected chi connectivity index (χ0v) is 13.4. The quantitative estimate of drug-likeness (QED) is 0.747. The average Bonchev–Trinajstić information content (AvgIpc) is 2.75. The van der Waals surface area contributed by atoms with Crippen LogP contribution in [0.15, 0.2) is 18.2 Å². The van der Waals surface area contributed by atoms with Crippen LogP contribution >= 0.6 is 0 Å². The maximum atomic E-state index is 5.72. The number of likely N-dealkylation sites (N-methyl/N-ethyl adjacent to an activating group) is 1. The Labute approximate surface area is 128 Å². The predicted molar refractivity (Wildman–Crippen MR) is 86.2 cm³/mol. The molecule has 1 heterocycles. The van der Waals surface area contributed by atoms with Crippen LogP contribution in [0.3, 0.4) is 0 Å². The topological polar surface area (TPSA) is 33.7 Å². The number of hydrogen-bond donors (Lipinski definition) is 1. The van der Waals surface area contributed by atoms with Crippen molar-refractivity contribution in [2.45, 2.75) is 33.2 Å². The Morgan fingerprint density at radius 1 is 1.10 bits per heavy atom. The van der Waals surface area contributed by atoms with Gasteiger partial charge in [0.1, 0.15) is 0 Å². The average molecular weight is 292 g/mol. The van der Waals surface area contributed by atoms with Crippen LogP contribution in [-0.4, -0.2) is 44.3 Å². The molecule has 0 saturated heterocycles. The third-order valence-corrected chi connectivity index (χ3v) is 3.73. The molecular formula is C17H28N2O2. The van der Waals surface area contributed by atoms with Crippen LogP contribution in [0.1, 0.15) is 32.3 Å². The van der Waals surface area contributed by atoms with Gasteiger partial charge in [-0.05, 0) is 37.2 Å². The third kappa shape index (κ3) is 5.21. The molecule has 0 bridgehead atoms. The lowest BCUT2D eigenvalue weighted by Crippen LogP contribution is -2.32. The number of fused-ring (bicyclic) bond motifs is 1. The summed E-state index contributed by atoms with van der Waals surface area (Å²) in [5.74, 6) is 1.75. The van der Waals surface area contributed by atoms with Gasteiger partial charge in [0.05, 0.1) is 13.2 Å². The van der Waals surface area contributed by atoms with Crippen LogP contribution in [-0.2, 0) is 6.54 Å². The first kappa shape index (κ1) is 16.1. The van der Waals surface area contributed by atoms with Gasteiger partial charge in [-0.2, -0.15) is 0 Å². The summed E-state index contributed by atoms with van der Waals surface area (Å²) >= 11 is 0. The Hall–Kier alpha value is -1.26. The molecule has 0 atom stereocenters. The fraction of sp³-hybridized carbons (Fsp3) is 0.647. The highest BCUT2D eigenvalue weighted by molar-refractivity contribution is 5.43. The molecule has 0 aliphatic carbocycles. The fourth-order valence-corrected chi connectivity index (χ4v) is 2.53. The van der Waals surface area contributed by atoms with Crippen LogP contribution in [0.5, 0.6) is 11.5 Å². The van der Waals surface area contributed by atoms with Gasteiger partial charge in [-0.15, -0.1) is 0 Å². The van der Waals surface area contributed by atoms with Gasteiger partial charge in [-0.1, -0.05) is 19.9 Å². The maximum absolute atomic E-state index is 5.72.